The van der Waals surface area contributed by atoms with Gasteiger partial charge in [-0.05, 0) is 50.2 Å². The second-order valence-electron chi connectivity index (χ2n) is 4.57. The van der Waals surface area contributed by atoms with Crippen molar-refractivity contribution in [3.05, 3.63) is 64.7 Å². The van der Waals surface area contributed by atoms with Gasteiger partial charge in [-0.15, -0.1) is 0 Å². The molecule has 0 radical (unpaired) electrons. The number of anilines is 1. The van der Waals surface area contributed by atoms with E-state index in [4.69, 9.17) is 0 Å². The largest absolute Gasteiger partial charge is 0.322 e. The van der Waals surface area contributed by atoms with Crippen LogP contribution in [0.5, 0.6) is 0 Å². The highest BCUT2D eigenvalue weighted by Crippen LogP contribution is 2.13. The van der Waals surface area contributed by atoms with E-state index in [9.17, 15) is 9.59 Å². The highest BCUT2D eigenvalue weighted by molar-refractivity contribution is 6.04. The van der Waals surface area contributed by atoms with E-state index in [2.05, 4.69) is 5.32 Å². The Balaban J connectivity index is 2.17. The molecular weight excluding hydrogens is 238 g/mol. The Morgan fingerprint density at radius 3 is 2.11 bits per heavy atom. The molecule has 0 aliphatic rings. The maximum Gasteiger partial charge on any atom is 0.255 e. The number of rotatable bonds is 3. The Bertz CT molecular complexity index is 595. The van der Waals surface area contributed by atoms with E-state index >= 15 is 0 Å². The third-order valence-corrected chi connectivity index (χ3v) is 2.79. The first-order chi connectivity index (χ1) is 9.08. The fourth-order valence-electron chi connectivity index (χ4n) is 1.95. The topological polar surface area (TPSA) is 46.2 Å². The summed E-state index contributed by atoms with van der Waals surface area (Å²) in [4.78, 5) is 22.6. The van der Waals surface area contributed by atoms with Crippen molar-refractivity contribution in [3.63, 3.8) is 0 Å². The molecule has 0 unspecified atom stereocenters. The first-order valence-electron chi connectivity index (χ1n) is 6.03. The third-order valence-electron chi connectivity index (χ3n) is 2.79. The van der Waals surface area contributed by atoms with Crippen molar-refractivity contribution in [3.8, 4) is 0 Å². The SMILES string of the molecule is Cc1cc(C)cc(C(=O)Nc2ccc(C=O)cc2)c1. The normalized spacial score (nSPS) is 10.0. The number of aldehydes is 1. The van der Waals surface area contributed by atoms with Crippen molar-refractivity contribution >= 4 is 17.9 Å². The van der Waals surface area contributed by atoms with Gasteiger partial charge in [-0.2, -0.15) is 0 Å². The van der Waals surface area contributed by atoms with Crippen LogP contribution in [-0.4, -0.2) is 12.2 Å². The number of benzene rings is 2. The lowest BCUT2D eigenvalue weighted by Crippen LogP contribution is -2.12. The number of aryl methyl sites for hydroxylation is 2. The predicted molar refractivity (Wildman–Crippen MR) is 75.7 cm³/mol. The zero-order chi connectivity index (χ0) is 13.8. The molecular formula is C16H15NO2. The molecule has 2 aromatic carbocycles. The fraction of sp³-hybridized carbons (Fsp3) is 0.125. The van der Waals surface area contributed by atoms with Crippen LogP contribution < -0.4 is 5.32 Å². The molecule has 2 rings (SSSR count). The van der Waals surface area contributed by atoms with Gasteiger partial charge in [-0.3, -0.25) is 9.59 Å². The van der Waals surface area contributed by atoms with Gasteiger partial charge >= 0.3 is 0 Å². The molecule has 0 aliphatic heterocycles. The lowest BCUT2D eigenvalue weighted by atomic mass is 10.1. The number of nitrogens with one attached hydrogen (secondary N) is 1. The van der Waals surface area contributed by atoms with Gasteiger partial charge in [0.25, 0.3) is 5.91 Å². The van der Waals surface area contributed by atoms with Crippen molar-refractivity contribution in [1.29, 1.82) is 0 Å². The monoisotopic (exact) mass is 253 g/mol. The number of carbonyl (C=O) groups excluding carboxylic acids is 2. The van der Waals surface area contributed by atoms with Crippen molar-refractivity contribution in [2.45, 2.75) is 13.8 Å². The van der Waals surface area contributed by atoms with Gasteiger partial charge in [-0.1, -0.05) is 17.2 Å². The van der Waals surface area contributed by atoms with Crippen LogP contribution in [0.4, 0.5) is 5.69 Å². The molecule has 0 saturated carbocycles. The van der Waals surface area contributed by atoms with E-state index < -0.39 is 0 Å². The zero-order valence-corrected chi connectivity index (χ0v) is 10.9. The molecule has 0 bridgehead atoms. The summed E-state index contributed by atoms with van der Waals surface area (Å²) >= 11 is 0. The predicted octanol–water partition coefficient (Wildman–Crippen LogP) is 3.37. The minimum atomic E-state index is -0.148. The lowest BCUT2D eigenvalue weighted by Gasteiger charge is -2.07. The lowest BCUT2D eigenvalue weighted by molar-refractivity contribution is 0.102. The molecule has 0 spiro atoms. The number of hydrogen-bond acceptors (Lipinski definition) is 2. The Labute approximate surface area is 112 Å². The highest BCUT2D eigenvalue weighted by Gasteiger charge is 2.07. The Morgan fingerprint density at radius 2 is 1.58 bits per heavy atom. The van der Waals surface area contributed by atoms with Gasteiger partial charge in [0, 0.05) is 16.8 Å². The molecule has 0 aliphatic carbocycles. The van der Waals surface area contributed by atoms with E-state index in [1.165, 1.54) is 0 Å². The number of hydrogen-bond donors (Lipinski definition) is 1. The highest BCUT2D eigenvalue weighted by atomic mass is 16.1. The molecule has 3 nitrogen and oxygen atoms in total. The third kappa shape index (κ3) is 3.28. The quantitative estimate of drug-likeness (QED) is 0.852. The molecule has 0 fully saturated rings. The zero-order valence-electron chi connectivity index (χ0n) is 10.9. The van der Waals surface area contributed by atoms with Crippen LogP contribution in [0, 0.1) is 13.8 Å². The van der Waals surface area contributed by atoms with Gasteiger partial charge in [-0.25, -0.2) is 0 Å². The summed E-state index contributed by atoms with van der Waals surface area (Å²) in [6.45, 7) is 3.92. The van der Waals surface area contributed by atoms with Crippen molar-refractivity contribution < 1.29 is 9.59 Å². The summed E-state index contributed by atoms with van der Waals surface area (Å²) in [5, 5.41) is 2.81. The van der Waals surface area contributed by atoms with Gasteiger partial charge in [0.15, 0.2) is 0 Å². The van der Waals surface area contributed by atoms with E-state index in [1.807, 2.05) is 32.0 Å². The van der Waals surface area contributed by atoms with Crippen LogP contribution in [-0.2, 0) is 0 Å². The van der Waals surface area contributed by atoms with E-state index in [0.717, 1.165) is 17.4 Å². The van der Waals surface area contributed by atoms with Crippen LogP contribution in [0.25, 0.3) is 0 Å². The summed E-state index contributed by atoms with van der Waals surface area (Å²) in [6, 6.07) is 12.5. The van der Waals surface area contributed by atoms with Crippen molar-refractivity contribution in [2.24, 2.45) is 0 Å². The van der Waals surface area contributed by atoms with Crippen LogP contribution in [0.3, 0.4) is 0 Å². The molecule has 0 atom stereocenters. The van der Waals surface area contributed by atoms with Crippen molar-refractivity contribution in [2.75, 3.05) is 5.32 Å². The van der Waals surface area contributed by atoms with E-state index in [0.29, 0.717) is 16.8 Å². The molecule has 3 heteroatoms. The second-order valence-corrected chi connectivity index (χ2v) is 4.57. The average molecular weight is 253 g/mol. The van der Waals surface area contributed by atoms with E-state index in [-0.39, 0.29) is 5.91 Å². The molecule has 1 amide bonds. The number of carbonyl (C=O) groups is 2. The molecule has 19 heavy (non-hydrogen) atoms. The van der Waals surface area contributed by atoms with Gasteiger partial charge in [0.1, 0.15) is 6.29 Å². The van der Waals surface area contributed by atoms with Crippen LogP contribution in [0.1, 0.15) is 31.8 Å². The summed E-state index contributed by atoms with van der Waals surface area (Å²) in [5.41, 5.74) is 4.01. The fourth-order valence-corrected chi connectivity index (χ4v) is 1.95. The summed E-state index contributed by atoms with van der Waals surface area (Å²) in [6.07, 6.45) is 0.773. The minimum Gasteiger partial charge on any atom is -0.322 e. The van der Waals surface area contributed by atoms with Gasteiger partial charge in [0.05, 0.1) is 0 Å². The Hall–Kier alpha value is -2.42. The second kappa shape index (κ2) is 5.48. The molecule has 2 aromatic rings. The first kappa shape index (κ1) is 13.0. The standard InChI is InChI=1S/C16H15NO2/c1-11-7-12(2)9-14(8-11)16(19)17-15-5-3-13(10-18)4-6-15/h3-10H,1-2H3,(H,17,19). The van der Waals surface area contributed by atoms with Crippen LogP contribution in [0.2, 0.25) is 0 Å². The van der Waals surface area contributed by atoms with Crippen LogP contribution in [0.15, 0.2) is 42.5 Å². The smallest absolute Gasteiger partial charge is 0.255 e. The molecule has 0 heterocycles. The molecule has 96 valence electrons. The summed E-state index contributed by atoms with van der Waals surface area (Å²) in [7, 11) is 0. The van der Waals surface area contributed by atoms with Gasteiger partial charge < -0.3 is 5.32 Å². The molecule has 0 saturated heterocycles. The molecule has 0 aromatic heterocycles. The molecule has 1 N–H and O–H groups in total. The minimum absolute atomic E-state index is 0.148. The summed E-state index contributed by atoms with van der Waals surface area (Å²) < 4.78 is 0. The maximum absolute atomic E-state index is 12.1. The van der Waals surface area contributed by atoms with Gasteiger partial charge in [0.2, 0.25) is 0 Å². The summed E-state index contributed by atoms with van der Waals surface area (Å²) in [5.74, 6) is -0.148. The van der Waals surface area contributed by atoms with Crippen LogP contribution >= 0.6 is 0 Å². The van der Waals surface area contributed by atoms with E-state index in [1.54, 1.807) is 24.3 Å². The van der Waals surface area contributed by atoms with Crippen molar-refractivity contribution in [1.82, 2.24) is 0 Å². The Kier molecular flexibility index (Phi) is 3.76. The Morgan fingerprint density at radius 1 is 1.00 bits per heavy atom. The number of amides is 1. The average Bonchev–Trinajstić information content (AvgIpc) is 2.38. The first-order valence-corrected chi connectivity index (χ1v) is 6.03. The maximum atomic E-state index is 12.1.